The van der Waals surface area contributed by atoms with E-state index in [0.29, 0.717) is 30.0 Å². The van der Waals surface area contributed by atoms with E-state index in [4.69, 9.17) is 15.3 Å². The predicted molar refractivity (Wildman–Crippen MR) is 98.6 cm³/mol. The molecule has 0 saturated carbocycles. The lowest BCUT2D eigenvalue weighted by atomic mass is 10.2. The molecule has 2 aromatic carbocycles. The normalized spacial score (nSPS) is 10.9. The molecule has 6 heteroatoms. The molecule has 2 rings (SSSR count). The zero-order chi connectivity index (χ0) is 18.9. The highest BCUT2D eigenvalue weighted by Crippen LogP contribution is 2.24. The van der Waals surface area contributed by atoms with Gasteiger partial charge in [-0.3, -0.25) is 4.79 Å². The molecule has 132 valence electrons. The molecule has 1 amide bonds. The molecule has 0 fully saturated rings. The third-order valence-electron chi connectivity index (χ3n) is 3.74. The van der Waals surface area contributed by atoms with Crippen LogP contribution in [0.15, 0.2) is 48.5 Å². The molecule has 0 aliphatic rings. The van der Waals surface area contributed by atoms with Crippen molar-refractivity contribution in [2.45, 2.75) is 19.4 Å². The van der Waals surface area contributed by atoms with Crippen molar-refractivity contribution in [1.29, 1.82) is 10.5 Å². The number of anilines is 1. The largest absolute Gasteiger partial charge is 0.457 e. The van der Waals surface area contributed by atoms with Crippen LogP contribution >= 0.6 is 0 Å². The number of nitrogens with zero attached hydrogens (tertiary/aromatic N) is 3. The van der Waals surface area contributed by atoms with Gasteiger partial charge in [0.1, 0.15) is 17.5 Å². The SMILES string of the molecule is C[C@H](Nc1ccc(Oc2cccc(C#N)c2)cc1)C(=O)N(C)CCC#N. The molecule has 0 aliphatic carbocycles. The van der Waals surface area contributed by atoms with Gasteiger partial charge in [0.05, 0.1) is 24.1 Å². The zero-order valence-electron chi connectivity index (χ0n) is 14.8. The van der Waals surface area contributed by atoms with Gasteiger partial charge >= 0.3 is 0 Å². The van der Waals surface area contributed by atoms with E-state index in [9.17, 15) is 4.79 Å². The second kappa shape index (κ2) is 9.10. The van der Waals surface area contributed by atoms with Crippen LogP contribution in [0.1, 0.15) is 18.9 Å². The average Bonchev–Trinajstić information content (AvgIpc) is 2.67. The van der Waals surface area contributed by atoms with Crippen molar-refractivity contribution in [3.8, 4) is 23.6 Å². The zero-order valence-corrected chi connectivity index (χ0v) is 14.8. The van der Waals surface area contributed by atoms with Crippen molar-refractivity contribution >= 4 is 11.6 Å². The van der Waals surface area contributed by atoms with Gasteiger partial charge in [-0.25, -0.2) is 0 Å². The first-order chi connectivity index (χ1) is 12.5. The highest BCUT2D eigenvalue weighted by atomic mass is 16.5. The van der Waals surface area contributed by atoms with Crippen LogP contribution in [0.25, 0.3) is 0 Å². The molecule has 0 radical (unpaired) electrons. The molecule has 26 heavy (non-hydrogen) atoms. The molecular weight excluding hydrogens is 328 g/mol. The molecule has 0 heterocycles. The molecule has 0 bridgehead atoms. The van der Waals surface area contributed by atoms with Gasteiger partial charge in [-0.2, -0.15) is 10.5 Å². The summed E-state index contributed by atoms with van der Waals surface area (Å²) in [7, 11) is 1.68. The third kappa shape index (κ3) is 5.25. The van der Waals surface area contributed by atoms with Crippen molar-refractivity contribution in [2.75, 3.05) is 18.9 Å². The monoisotopic (exact) mass is 348 g/mol. The van der Waals surface area contributed by atoms with Crippen molar-refractivity contribution in [1.82, 2.24) is 4.90 Å². The van der Waals surface area contributed by atoms with Crippen molar-refractivity contribution in [3.63, 3.8) is 0 Å². The first-order valence-electron chi connectivity index (χ1n) is 8.20. The summed E-state index contributed by atoms with van der Waals surface area (Å²) in [6.07, 6.45) is 0.313. The summed E-state index contributed by atoms with van der Waals surface area (Å²) in [5.41, 5.74) is 1.33. The van der Waals surface area contributed by atoms with Crippen LogP contribution in [0.4, 0.5) is 5.69 Å². The van der Waals surface area contributed by atoms with Gasteiger partial charge in [0.25, 0.3) is 0 Å². The smallest absolute Gasteiger partial charge is 0.244 e. The highest BCUT2D eigenvalue weighted by molar-refractivity contribution is 5.84. The van der Waals surface area contributed by atoms with Crippen LogP contribution in [-0.4, -0.2) is 30.4 Å². The number of nitrogens with one attached hydrogen (secondary N) is 1. The number of ether oxygens (including phenoxy) is 1. The molecule has 0 aromatic heterocycles. The first kappa shape index (κ1) is 18.8. The topological polar surface area (TPSA) is 89.2 Å². The van der Waals surface area contributed by atoms with Gasteiger partial charge in [0, 0.05) is 19.3 Å². The Labute approximate surface area is 153 Å². The molecule has 1 N–H and O–H groups in total. The minimum absolute atomic E-state index is 0.0751. The standard InChI is InChI=1S/C20H20N4O2/c1-15(20(25)24(2)12-4-11-21)23-17-7-9-18(10-8-17)26-19-6-3-5-16(13-19)14-22/h3,5-10,13,15,23H,4,12H2,1-2H3/t15-/m0/s1. The third-order valence-corrected chi connectivity index (χ3v) is 3.74. The Morgan fingerprint density at radius 2 is 1.92 bits per heavy atom. The van der Waals surface area contributed by atoms with Crippen LogP contribution in [0.2, 0.25) is 0 Å². The average molecular weight is 348 g/mol. The Bertz CT molecular complexity index is 834. The fourth-order valence-electron chi connectivity index (χ4n) is 2.35. The lowest BCUT2D eigenvalue weighted by Crippen LogP contribution is -2.39. The second-order valence-corrected chi connectivity index (χ2v) is 5.80. The van der Waals surface area contributed by atoms with Gasteiger partial charge in [0.2, 0.25) is 5.91 Å². The van der Waals surface area contributed by atoms with E-state index in [1.165, 1.54) is 0 Å². The molecule has 0 aliphatic heterocycles. The lowest BCUT2D eigenvalue weighted by Gasteiger charge is -2.22. The van der Waals surface area contributed by atoms with Crippen molar-refractivity contribution in [2.24, 2.45) is 0 Å². The van der Waals surface area contributed by atoms with E-state index in [0.717, 1.165) is 5.69 Å². The van der Waals surface area contributed by atoms with E-state index < -0.39 is 6.04 Å². The number of benzene rings is 2. The van der Waals surface area contributed by atoms with Crippen LogP contribution < -0.4 is 10.1 Å². The number of hydrogen-bond donors (Lipinski definition) is 1. The minimum atomic E-state index is -0.405. The number of hydrogen-bond acceptors (Lipinski definition) is 5. The molecule has 0 unspecified atom stereocenters. The summed E-state index contributed by atoms with van der Waals surface area (Å²) in [5, 5.41) is 20.7. The van der Waals surface area contributed by atoms with Gasteiger partial charge < -0.3 is 15.0 Å². The summed E-state index contributed by atoms with van der Waals surface area (Å²) in [5.74, 6) is 1.15. The summed E-state index contributed by atoms with van der Waals surface area (Å²) in [4.78, 5) is 13.8. The highest BCUT2D eigenvalue weighted by Gasteiger charge is 2.16. The number of carbonyl (C=O) groups is 1. The molecule has 2 aromatic rings. The Balaban J connectivity index is 1.95. The van der Waals surface area contributed by atoms with E-state index >= 15 is 0 Å². The molecule has 1 atom stereocenters. The van der Waals surface area contributed by atoms with E-state index in [-0.39, 0.29) is 5.91 Å². The lowest BCUT2D eigenvalue weighted by molar-refractivity contribution is -0.130. The fourth-order valence-corrected chi connectivity index (χ4v) is 2.35. The summed E-state index contributed by atoms with van der Waals surface area (Å²) < 4.78 is 5.73. The van der Waals surface area contributed by atoms with Gasteiger partial charge in [-0.15, -0.1) is 0 Å². The number of rotatable bonds is 7. The Morgan fingerprint density at radius 3 is 2.58 bits per heavy atom. The quantitative estimate of drug-likeness (QED) is 0.827. The van der Waals surface area contributed by atoms with Crippen molar-refractivity contribution < 1.29 is 9.53 Å². The maximum Gasteiger partial charge on any atom is 0.244 e. The number of nitriles is 2. The first-order valence-corrected chi connectivity index (χ1v) is 8.20. The second-order valence-electron chi connectivity index (χ2n) is 5.80. The predicted octanol–water partition coefficient (Wildman–Crippen LogP) is 3.52. The Morgan fingerprint density at radius 1 is 1.19 bits per heavy atom. The van der Waals surface area contributed by atoms with Gasteiger partial charge in [0.15, 0.2) is 0 Å². The summed E-state index contributed by atoms with van der Waals surface area (Å²) in [6.45, 7) is 2.19. The minimum Gasteiger partial charge on any atom is -0.457 e. The maximum atomic E-state index is 12.2. The number of amides is 1. The van der Waals surface area contributed by atoms with E-state index in [1.807, 2.05) is 18.2 Å². The number of carbonyl (C=O) groups excluding carboxylic acids is 1. The van der Waals surface area contributed by atoms with Crippen LogP contribution in [0.5, 0.6) is 11.5 Å². The summed E-state index contributed by atoms with van der Waals surface area (Å²) in [6, 6.07) is 17.9. The number of likely N-dealkylation sites (N-methyl/N-ethyl adjacent to an activating group) is 1. The van der Waals surface area contributed by atoms with Crippen LogP contribution in [0, 0.1) is 22.7 Å². The molecule has 0 spiro atoms. The Hall–Kier alpha value is -3.51. The van der Waals surface area contributed by atoms with Gasteiger partial charge in [-0.1, -0.05) is 6.07 Å². The van der Waals surface area contributed by atoms with Gasteiger partial charge in [-0.05, 0) is 49.4 Å². The molecular formula is C20H20N4O2. The van der Waals surface area contributed by atoms with Crippen molar-refractivity contribution in [3.05, 3.63) is 54.1 Å². The maximum absolute atomic E-state index is 12.2. The van der Waals surface area contributed by atoms with E-state index in [2.05, 4.69) is 11.4 Å². The Kier molecular flexibility index (Phi) is 6.59. The molecule has 0 saturated heterocycles. The summed E-state index contributed by atoms with van der Waals surface area (Å²) >= 11 is 0. The van der Waals surface area contributed by atoms with E-state index in [1.54, 1.807) is 55.3 Å². The fraction of sp³-hybridized carbons (Fsp3) is 0.250. The molecule has 6 nitrogen and oxygen atoms in total. The van der Waals surface area contributed by atoms with Crippen LogP contribution in [0.3, 0.4) is 0 Å². The van der Waals surface area contributed by atoms with Crippen LogP contribution in [-0.2, 0) is 4.79 Å².